The molecular weight excluding hydrogens is 384 g/mol. The fraction of sp³-hybridized carbons (Fsp3) is 0.381. The van der Waals surface area contributed by atoms with Crippen LogP contribution in [0, 0.1) is 10.1 Å². The van der Waals surface area contributed by atoms with Gasteiger partial charge in [-0.05, 0) is 38.0 Å². The van der Waals surface area contributed by atoms with Gasteiger partial charge in [-0.1, -0.05) is 6.07 Å². The number of nitro benzene ring substituents is 1. The van der Waals surface area contributed by atoms with Crippen LogP contribution in [0.5, 0.6) is 0 Å². The summed E-state index contributed by atoms with van der Waals surface area (Å²) in [6, 6.07) is 8.74. The Kier molecular flexibility index (Phi) is 4.19. The van der Waals surface area contributed by atoms with E-state index in [1.807, 2.05) is 16.5 Å². The summed E-state index contributed by atoms with van der Waals surface area (Å²) in [7, 11) is 0. The largest absolute Gasteiger partial charge is 0.338 e. The molecular formula is C21H22N6O3. The predicted molar refractivity (Wildman–Crippen MR) is 111 cm³/mol. The molecule has 1 N–H and O–H groups in total. The van der Waals surface area contributed by atoms with Gasteiger partial charge in [0.05, 0.1) is 21.5 Å². The van der Waals surface area contributed by atoms with Crippen LogP contribution in [0.2, 0.25) is 0 Å². The number of urea groups is 1. The zero-order valence-corrected chi connectivity index (χ0v) is 16.7. The highest BCUT2D eigenvalue weighted by Crippen LogP contribution is 2.44. The lowest BCUT2D eigenvalue weighted by Crippen LogP contribution is -2.40. The second-order valence-corrected chi connectivity index (χ2v) is 8.00. The molecule has 1 saturated heterocycles. The number of hydrogen-bond acceptors (Lipinski definition) is 5. The van der Waals surface area contributed by atoms with Crippen molar-refractivity contribution in [1.29, 1.82) is 0 Å². The zero-order chi connectivity index (χ0) is 20.9. The summed E-state index contributed by atoms with van der Waals surface area (Å²) in [6.07, 6.45) is 3.59. The second-order valence-electron chi connectivity index (χ2n) is 8.00. The van der Waals surface area contributed by atoms with Gasteiger partial charge in [0.15, 0.2) is 0 Å². The molecule has 0 bridgehead atoms. The number of likely N-dealkylation sites (tertiary alicyclic amines) is 1. The Morgan fingerprint density at radius 3 is 2.93 bits per heavy atom. The minimum Gasteiger partial charge on any atom is -0.338 e. The van der Waals surface area contributed by atoms with Crippen LogP contribution in [0.4, 0.5) is 10.5 Å². The maximum absolute atomic E-state index is 12.3. The average molecular weight is 406 g/mol. The van der Waals surface area contributed by atoms with E-state index in [-0.39, 0.29) is 22.1 Å². The van der Waals surface area contributed by atoms with E-state index in [9.17, 15) is 14.9 Å². The number of carbonyl (C=O) groups is 1. The summed E-state index contributed by atoms with van der Waals surface area (Å²) in [5.41, 5.74) is 3.20. The van der Waals surface area contributed by atoms with Crippen LogP contribution in [-0.2, 0) is 12.0 Å². The number of fused-ring (bicyclic) bond motifs is 3. The number of non-ortho nitro benzene ring substituents is 1. The maximum Gasteiger partial charge on any atom is 0.317 e. The molecule has 4 heterocycles. The van der Waals surface area contributed by atoms with Gasteiger partial charge < -0.3 is 10.2 Å². The third kappa shape index (κ3) is 2.80. The third-order valence-corrected chi connectivity index (χ3v) is 6.29. The van der Waals surface area contributed by atoms with Crippen molar-refractivity contribution < 1.29 is 9.72 Å². The minimum atomic E-state index is -0.385. The monoisotopic (exact) mass is 406 g/mol. The fourth-order valence-electron chi connectivity index (χ4n) is 4.76. The normalized spacial score (nSPS) is 20.1. The molecule has 0 radical (unpaired) electrons. The highest BCUT2D eigenvalue weighted by molar-refractivity contribution is 5.90. The number of pyridine rings is 1. The smallest absolute Gasteiger partial charge is 0.317 e. The molecule has 9 heteroatoms. The van der Waals surface area contributed by atoms with Gasteiger partial charge >= 0.3 is 6.03 Å². The standard InChI is InChI=1S/C21H22N6O3/c1-2-22-20(28)25-8-6-21(13-25)7-9-26-19(21)11-17(24-26)14-10-15-16(23-12-14)4-3-5-18(15)27(29)30/h3-5,10-12H,2,6-9,13H2,1H3,(H,22,28). The Morgan fingerprint density at radius 1 is 1.30 bits per heavy atom. The Labute approximate surface area is 172 Å². The number of amides is 2. The van der Waals surface area contributed by atoms with Crippen LogP contribution in [0.15, 0.2) is 36.5 Å². The minimum absolute atomic E-state index is 0.0152. The van der Waals surface area contributed by atoms with Crippen LogP contribution in [0.1, 0.15) is 25.5 Å². The fourth-order valence-corrected chi connectivity index (χ4v) is 4.76. The Morgan fingerprint density at radius 2 is 2.13 bits per heavy atom. The number of aromatic nitrogens is 3. The van der Waals surface area contributed by atoms with E-state index in [1.54, 1.807) is 24.4 Å². The zero-order valence-electron chi connectivity index (χ0n) is 16.7. The number of rotatable bonds is 3. The summed E-state index contributed by atoms with van der Waals surface area (Å²) < 4.78 is 2.01. The quantitative estimate of drug-likeness (QED) is 0.531. The first-order valence-corrected chi connectivity index (χ1v) is 10.2. The van der Waals surface area contributed by atoms with Crippen molar-refractivity contribution in [2.75, 3.05) is 19.6 Å². The summed E-state index contributed by atoms with van der Waals surface area (Å²) in [6.45, 7) is 4.76. The van der Waals surface area contributed by atoms with Gasteiger partial charge in [0.25, 0.3) is 5.69 Å². The molecule has 0 aliphatic carbocycles. The molecule has 0 saturated carbocycles. The molecule has 2 aliphatic heterocycles. The van der Waals surface area contributed by atoms with Crippen molar-refractivity contribution in [2.45, 2.75) is 31.7 Å². The highest BCUT2D eigenvalue weighted by Gasteiger charge is 2.46. The van der Waals surface area contributed by atoms with Crippen LogP contribution >= 0.6 is 0 Å². The van der Waals surface area contributed by atoms with Crippen LogP contribution in [-0.4, -0.2) is 50.3 Å². The Bertz CT molecular complexity index is 1170. The first-order chi connectivity index (χ1) is 14.5. The first kappa shape index (κ1) is 18.5. The second kappa shape index (κ2) is 6.79. The van der Waals surface area contributed by atoms with Gasteiger partial charge in [-0.15, -0.1) is 0 Å². The highest BCUT2D eigenvalue weighted by atomic mass is 16.6. The van der Waals surface area contributed by atoms with Crippen molar-refractivity contribution in [1.82, 2.24) is 25.0 Å². The summed E-state index contributed by atoms with van der Waals surface area (Å²) in [5, 5.41) is 19.5. The van der Waals surface area contributed by atoms with E-state index in [1.165, 1.54) is 6.07 Å². The summed E-state index contributed by atoms with van der Waals surface area (Å²) in [4.78, 5) is 29.6. The van der Waals surface area contributed by atoms with Gasteiger partial charge in [-0.3, -0.25) is 19.8 Å². The van der Waals surface area contributed by atoms with Gasteiger partial charge in [-0.25, -0.2) is 4.79 Å². The van der Waals surface area contributed by atoms with Crippen LogP contribution < -0.4 is 5.32 Å². The Balaban J connectivity index is 1.50. The number of hydrogen-bond donors (Lipinski definition) is 1. The number of carbonyl (C=O) groups excluding carboxylic acids is 1. The predicted octanol–water partition coefficient (Wildman–Crippen LogP) is 3.08. The van der Waals surface area contributed by atoms with E-state index in [0.29, 0.717) is 24.0 Å². The van der Waals surface area contributed by atoms with Crippen molar-refractivity contribution in [3.05, 3.63) is 52.3 Å². The number of nitrogens with zero attached hydrogens (tertiary/aromatic N) is 5. The van der Waals surface area contributed by atoms with Gasteiger partial charge in [0.1, 0.15) is 0 Å². The van der Waals surface area contributed by atoms with Crippen molar-refractivity contribution >= 4 is 22.6 Å². The van der Waals surface area contributed by atoms with Gasteiger partial charge in [0.2, 0.25) is 0 Å². The molecule has 5 rings (SSSR count). The van der Waals surface area contributed by atoms with E-state index in [0.717, 1.165) is 42.9 Å². The number of aryl methyl sites for hydroxylation is 1. The molecule has 30 heavy (non-hydrogen) atoms. The topological polar surface area (TPSA) is 106 Å². The lowest BCUT2D eigenvalue weighted by molar-refractivity contribution is -0.383. The maximum atomic E-state index is 12.3. The molecule has 9 nitrogen and oxygen atoms in total. The molecule has 1 spiro atoms. The molecule has 1 atom stereocenters. The van der Waals surface area contributed by atoms with Gasteiger partial charge in [0, 0.05) is 55.1 Å². The number of benzene rings is 1. The molecule has 2 amide bonds. The lowest BCUT2D eigenvalue weighted by atomic mass is 9.82. The van der Waals surface area contributed by atoms with E-state index in [4.69, 9.17) is 5.10 Å². The Hall–Kier alpha value is -3.49. The molecule has 1 fully saturated rings. The average Bonchev–Trinajstić information content (AvgIpc) is 3.44. The van der Waals surface area contributed by atoms with E-state index < -0.39 is 0 Å². The van der Waals surface area contributed by atoms with Crippen molar-refractivity contribution in [3.63, 3.8) is 0 Å². The molecule has 2 aliphatic rings. The van der Waals surface area contributed by atoms with Gasteiger partial charge in [-0.2, -0.15) is 5.10 Å². The number of nitrogens with one attached hydrogen (secondary N) is 1. The molecule has 3 aromatic rings. The SMILES string of the molecule is CCNC(=O)N1CCC2(CCn3nc(-c4cnc5cccc([N+](=O)[O-])c5c4)cc32)C1. The third-order valence-electron chi connectivity index (χ3n) is 6.29. The molecule has 1 unspecified atom stereocenters. The van der Waals surface area contributed by atoms with Crippen molar-refractivity contribution in [2.24, 2.45) is 0 Å². The van der Waals surface area contributed by atoms with E-state index >= 15 is 0 Å². The molecule has 154 valence electrons. The van der Waals surface area contributed by atoms with Crippen LogP contribution in [0.25, 0.3) is 22.2 Å². The molecule has 2 aromatic heterocycles. The van der Waals surface area contributed by atoms with Crippen LogP contribution in [0.3, 0.4) is 0 Å². The summed E-state index contributed by atoms with van der Waals surface area (Å²) >= 11 is 0. The van der Waals surface area contributed by atoms with E-state index in [2.05, 4.69) is 16.4 Å². The molecule has 1 aromatic carbocycles. The van der Waals surface area contributed by atoms with Crippen molar-refractivity contribution in [3.8, 4) is 11.3 Å². The number of nitro groups is 1. The first-order valence-electron chi connectivity index (χ1n) is 10.2. The lowest BCUT2D eigenvalue weighted by Gasteiger charge is -2.23. The summed E-state index contributed by atoms with van der Waals surface area (Å²) in [5.74, 6) is 0.